The van der Waals surface area contributed by atoms with Crippen molar-refractivity contribution in [3.05, 3.63) is 57.8 Å². The van der Waals surface area contributed by atoms with Crippen LogP contribution in [0.1, 0.15) is 5.56 Å². The van der Waals surface area contributed by atoms with Crippen molar-refractivity contribution in [3.63, 3.8) is 0 Å². The van der Waals surface area contributed by atoms with Gasteiger partial charge in [0.25, 0.3) is 0 Å². The van der Waals surface area contributed by atoms with Crippen LogP contribution < -0.4 is 10.5 Å². The SMILES string of the molecule is NCCc1cccc(F)c1Oc1cc(Br)cc(F)c1F. The van der Waals surface area contributed by atoms with Gasteiger partial charge in [-0.15, -0.1) is 0 Å². The first-order chi connectivity index (χ1) is 9.52. The van der Waals surface area contributed by atoms with Crippen molar-refractivity contribution in [1.29, 1.82) is 0 Å². The molecule has 2 aromatic carbocycles. The lowest BCUT2D eigenvalue weighted by Crippen LogP contribution is -2.05. The molecule has 0 fully saturated rings. The molecular weight excluding hydrogens is 335 g/mol. The molecule has 2 N–H and O–H groups in total. The van der Waals surface area contributed by atoms with Crippen molar-refractivity contribution in [1.82, 2.24) is 0 Å². The van der Waals surface area contributed by atoms with E-state index < -0.39 is 17.5 Å². The molecule has 2 aromatic rings. The monoisotopic (exact) mass is 345 g/mol. The number of hydrogen-bond donors (Lipinski definition) is 1. The summed E-state index contributed by atoms with van der Waals surface area (Å²) in [7, 11) is 0. The van der Waals surface area contributed by atoms with Gasteiger partial charge in [0.05, 0.1) is 0 Å². The largest absolute Gasteiger partial charge is 0.451 e. The Morgan fingerprint density at radius 2 is 1.85 bits per heavy atom. The van der Waals surface area contributed by atoms with Crippen molar-refractivity contribution < 1.29 is 17.9 Å². The van der Waals surface area contributed by atoms with E-state index in [1.165, 1.54) is 18.2 Å². The molecule has 106 valence electrons. The summed E-state index contributed by atoms with van der Waals surface area (Å²) in [6, 6.07) is 6.51. The topological polar surface area (TPSA) is 35.2 Å². The van der Waals surface area contributed by atoms with Crippen molar-refractivity contribution in [3.8, 4) is 11.5 Å². The summed E-state index contributed by atoms with van der Waals surface area (Å²) in [4.78, 5) is 0. The molecule has 0 aliphatic carbocycles. The minimum absolute atomic E-state index is 0.144. The molecular formula is C14H11BrF3NO. The summed E-state index contributed by atoms with van der Waals surface area (Å²) >= 11 is 3.03. The van der Waals surface area contributed by atoms with Crippen molar-refractivity contribution >= 4 is 15.9 Å². The Kier molecular flexibility index (Phi) is 4.67. The van der Waals surface area contributed by atoms with Crippen LogP contribution in [0.15, 0.2) is 34.8 Å². The molecule has 0 spiro atoms. The molecule has 0 radical (unpaired) electrons. The zero-order chi connectivity index (χ0) is 14.7. The molecule has 0 heterocycles. The van der Waals surface area contributed by atoms with Gasteiger partial charge in [0.2, 0.25) is 5.82 Å². The van der Waals surface area contributed by atoms with Crippen LogP contribution in [-0.4, -0.2) is 6.54 Å². The molecule has 2 rings (SSSR count). The van der Waals surface area contributed by atoms with E-state index in [9.17, 15) is 13.2 Å². The van der Waals surface area contributed by atoms with Crippen LogP contribution >= 0.6 is 15.9 Å². The Labute approximate surface area is 122 Å². The number of benzene rings is 2. The third kappa shape index (κ3) is 3.13. The number of hydrogen-bond acceptors (Lipinski definition) is 2. The quantitative estimate of drug-likeness (QED) is 0.844. The second-order valence-corrected chi connectivity index (χ2v) is 4.98. The van der Waals surface area contributed by atoms with Gasteiger partial charge in [-0.1, -0.05) is 28.1 Å². The van der Waals surface area contributed by atoms with Crippen LogP contribution in [-0.2, 0) is 6.42 Å². The average molecular weight is 346 g/mol. The molecule has 20 heavy (non-hydrogen) atoms. The maximum atomic E-state index is 13.8. The van der Waals surface area contributed by atoms with E-state index >= 15 is 0 Å². The first-order valence-corrected chi connectivity index (χ1v) is 6.62. The highest BCUT2D eigenvalue weighted by molar-refractivity contribution is 9.10. The number of halogens is 4. The van der Waals surface area contributed by atoms with Crippen LogP contribution in [0.3, 0.4) is 0 Å². The summed E-state index contributed by atoms with van der Waals surface area (Å²) < 4.78 is 46.2. The summed E-state index contributed by atoms with van der Waals surface area (Å²) in [5, 5.41) is 0. The van der Waals surface area contributed by atoms with E-state index in [1.54, 1.807) is 6.07 Å². The molecule has 0 aromatic heterocycles. The molecule has 6 heteroatoms. The lowest BCUT2D eigenvalue weighted by Gasteiger charge is -2.12. The normalized spacial score (nSPS) is 10.7. The number of rotatable bonds is 4. The molecule has 0 amide bonds. The third-order valence-corrected chi connectivity index (χ3v) is 3.09. The molecule has 0 saturated carbocycles. The summed E-state index contributed by atoms with van der Waals surface area (Å²) in [6.45, 7) is 0.287. The highest BCUT2D eigenvalue weighted by Crippen LogP contribution is 2.33. The van der Waals surface area contributed by atoms with Gasteiger partial charge in [0, 0.05) is 4.47 Å². The standard InChI is InChI=1S/C14H11BrF3NO/c15-9-6-11(17)13(18)12(7-9)20-14-8(4-5-19)2-1-3-10(14)16/h1-3,6-7H,4-5,19H2. The summed E-state index contributed by atoms with van der Waals surface area (Å²) in [6.07, 6.45) is 0.366. The fourth-order valence-electron chi connectivity index (χ4n) is 1.74. The molecule has 2 nitrogen and oxygen atoms in total. The second-order valence-electron chi connectivity index (χ2n) is 4.07. The van der Waals surface area contributed by atoms with Crippen molar-refractivity contribution in [2.45, 2.75) is 6.42 Å². The number of ether oxygens (including phenoxy) is 1. The highest BCUT2D eigenvalue weighted by atomic mass is 79.9. The lowest BCUT2D eigenvalue weighted by molar-refractivity contribution is 0.393. The minimum Gasteiger partial charge on any atom is -0.451 e. The van der Waals surface area contributed by atoms with Gasteiger partial charge in [-0.2, -0.15) is 4.39 Å². The second kappa shape index (κ2) is 6.28. The highest BCUT2D eigenvalue weighted by Gasteiger charge is 2.16. The molecule has 0 aliphatic rings. The van der Waals surface area contributed by atoms with E-state index in [1.807, 2.05) is 0 Å². The molecule has 0 atom stereocenters. The van der Waals surface area contributed by atoms with E-state index in [-0.39, 0.29) is 18.0 Å². The first kappa shape index (κ1) is 14.9. The van der Waals surface area contributed by atoms with Crippen LogP contribution in [0.25, 0.3) is 0 Å². The smallest absolute Gasteiger partial charge is 0.201 e. The molecule has 0 bridgehead atoms. The van der Waals surface area contributed by atoms with Gasteiger partial charge in [-0.25, -0.2) is 8.78 Å². The van der Waals surface area contributed by atoms with Crippen molar-refractivity contribution in [2.75, 3.05) is 6.54 Å². The van der Waals surface area contributed by atoms with E-state index in [2.05, 4.69) is 15.9 Å². The van der Waals surface area contributed by atoms with Gasteiger partial charge in [0.1, 0.15) is 0 Å². The van der Waals surface area contributed by atoms with E-state index in [4.69, 9.17) is 10.5 Å². The predicted octanol–water partition coefficient (Wildman–Crippen LogP) is 4.16. The van der Waals surface area contributed by atoms with Crippen LogP contribution in [0.2, 0.25) is 0 Å². The Hall–Kier alpha value is -1.53. The van der Waals surface area contributed by atoms with Crippen molar-refractivity contribution in [2.24, 2.45) is 5.73 Å². The predicted molar refractivity (Wildman–Crippen MR) is 73.3 cm³/mol. The van der Waals surface area contributed by atoms with E-state index in [0.717, 1.165) is 6.07 Å². The lowest BCUT2D eigenvalue weighted by atomic mass is 10.1. The number of para-hydroxylation sites is 1. The van der Waals surface area contributed by atoms with E-state index in [0.29, 0.717) is 16.5 Å². The fraction of sp³-hybridized carbons (Fsp3) is 0.143. The Morgan fingerprint density at radius 3 is 2.55 bits per heavy atom. The third-order valence-electron chi connectivity index (χ3n) is 2.63. The van der Waals surface area contributed by atoms with Crippen LogP contribution in [0.5, 0.6) is 11.5 Å². The molecule has 0 aliphatic heterocycles. The Balaban J connectivity index is 2.44. The Bertz CT molecular complexity index is 634. The zero-order valence-electron chi connectivity index (χ0n) is 10.3. The number of nitrogens with two attached hydrogens (primary N) is 1. The minimum atomic E-state index is -1.17. The maximum Gasteiger partial charge on any atom is 0.201 e. The Morgan fingerprint density at radius 1 is 1.10 bits per heavy atom. The summed E-state index contributed by atoms with van der Waals surface area (Å²) in [5.41, 5.74) is 5.92. The van der Waals surface area contributed by atoms with Gasteiger partial charge < -0.3 is 10.5 Å². The van der Waals surface area contributed by atoms with Gasteiger partial charge >= 0.3 is 0 Å². The fourth-order valence-corrected chi connectivity index (χ4v) is 2.15. The maximum absolute atomic E-state index is 13.8. The molecule has 0 saturated heterocycles. The first-order valence-electron chi connectivity index (χ1n) is 5.82. The van der Waals surface area contributed by atoms with Gasteiger partial charge in [0.15, 0.2) is 23.1 Å². The average Bonchev–Trinajstić information content (AvgIpc) is 2.39. The van der Waals surface area contributed by atoms with Crippen LogP contribution in [0, 0.1) is 17.5 Å². The van der Waals surface area contributed by atoms with Crippen LogP contribution in [0.4, 0.5) is 13.2 Å². The molecule has 0 unspecified atom stereocenters. The van der Waals surface area contributed by atoms with Gasteiger partial charge in [-0.05, 0) is 36.7 Å². The summed E-state index contributed by atoms with van der Waals surface area (Å²) in [5.74, 6) is -3.44. The van der Waals surface area contributed by atoms with Gasteiger partial charge in [-0.3, -0.25) is 0 Å². The zero-order valence-corrected chi connectivity index (χ0v) is 11.9.